The highest BCUT2D eigenvalue weighted by molar-refractivity contribution is 5.80. The quantitative estimate of drug-likeness (QED) is 0.493. The molecule has 5 heteroatoms. The van der Waals surface area contributed by atoms with Gasteiger partial charge in [-0.2, -0.15) is 0 Å². The van der Waals surface area contributed by atoms with Crippen molar-refractivity contribution in [3.05, 3.63) is 35.9 Å². The second-order valence-electron chi connectivity index (χ2n) is 7.31. The third-order valence-corrected chi connectivity index (χ3v) is 5.37. The van der Waals surface area contributed by atoms with Crippen LogP contribution in [-0.4, -0.2) is 53.8 Å². The number of guanidine groups is 1. The molecule has 0 aromatic heterocycles. The molecule has 1 aliphatic heterocycles. The smallest absolute Gasteiger partial charge is 0.191 e. The number of hydrogen-bond acceptors (Lipinski definition) is 3. The molecule has 0 unspecified atom stereocenters. The Morgan fingerprint density at radius 1 is 1.15 bits per heavy atom. The molecule has 1 fully saturated rings. The van der Waals surface area contributed by atoms with Crippen molar-refractivity contribution in [2.75, 3.05) is 26.2 Å². The molecule has 0 bridgehead atoms. The van der Waals surface area contributed by atoms with Crippen molar-refractivity contribution in [3.8, 4) is 0 Å². The van der Waals surface area contributed by atoms with Crippen LogP contribution in [0.25, 0.3) is 0 Å². The summed E-state index contributed by atoms with van der Waals surface area (Å²) in [6.45, 7) is 10.6. The minimum absolute atomic E-state index is 0.441. The molecule has 1 aromatic rings. The van der Waals surface area contributed by atoms with Crippen molar-refractivity contribution in [3.63, 3.8) is 0 Å². The number of aliphatic imine (C=N–C) groups is 1. The molecule has 1 heterocycles. The maximum Gasteiger partial charge on any atom is 0.191 e. The highest BCUT2D eigenvalue weighted by Crippen LogP contribution is 2.16. The summed E-state index contributed by atoms with van der Waals surface area (Å²) in [4.78, 5) is 7.16. The number of nitrogens with one attached hydrogen (secondary N) is 2. The van der Waals surface area contributed by atoms with Crippen LogP contribution < -0.4 is 10.6 Å². The van der Waals surface area contributed by atoms with E-state index >= 15 is 0 Å². The van der Waals surface area contributed by atoms with Gasteiger partial charge in [0.1, 0.15) is 0 Å². The third-order valence-electron chi connectivity index (χ3n) is 5.37. The number of likely N-dealkylation sites (tertiary alicyclic amines) is 1. The summed E-state index contributed by atoms with van der Waals surface area (Å²) < 4.78 is 0. The monoisotopic (exact) mass is 360 g/mol. The Balaban J connectivity index is 1.83. The first kappa shape index (κ1) is 20.7. The van der Waals surface area contributed by atoms with Crippen LogP contribution in [0.2, 0.25) is 0 Å². The normalized spacial score (nSPS) is 17.3. The van der Waals surface area contributed by atoms with E-state index in [-0.39, 0.29) is 0 Å². The van der Waals surface area contributed by atoms with Gasteiger partial charge in [0.2, 0.25) is 0 Å². The van der Waals surface area contributed by atoms with E-state index in [2.05, 4.69) is 57.8 Å². The lowest BCUT2D eigenvalue weighted by atomic mass is 9.98. The van der Waals surface area contributed by atoms with E-state index in [1.165, 1.54) is 5.56 Å². The molecule has 0 amide bonds. The van der Waals surface area contributed by atoms with E-state index in [9.17, 15) is 5.11 Å². The van der Waals surface area contributed by atoms with Gasteiger partial charge in [0.25, 0.3) is 0 Å². The van der Waals surface area contributed by atoms with Crippen LogP contribution >= 0.6 is 0 Å². The van der Waals surface area contributed by atoms with E-state index in [0.717, 1.165) is 57.8 Å². The molecule has 146 valence electrons. The molecule has 0 radical (unpaired) electrons. The van der Waals surface area contributed by atoms with E-state index < -0.39 is 5.60 Å². The molecule has 0 atom stereocenters. The van der Waals surface area contributed by atoms with Crippen molar-refractivity contribution in [1.82, 2.24) is 15.5 Å². The molecule has 5 nitrogen and oxygen atoms in total. The fraction of sp³-hybridized carbons (Fsp3) is 0.667. The number of hydrogen-bond donors (Lipinski definition) is 3. The first-order chi connectivity index (χ1) is 12.6. The standard InChI is InChI=1S/C21H36N4O/c1-4-21(26,5-2)17-23-20(22-6-3)24-19-12-14-25(15-13-19)16-18-10-8-7-9-11-18/h7-11,19,26H,4-6,12-17H2,1-3H3,(H2,22,23,24). The van der Waals surface area contributed by atoms with Gasteiger partial charge in [-0.1, -0.05) is 44.2 Å². The summed E-state index contributed by atoms with van der Waals surface area (Å²) >= 11 is 0. The van der Waals surface area contributed by atoms with Gasteiger partial charge in [0.05, 0.1) is 12.1 Å². The first-order valence-electron chi connectivity index (χ1n) is 10.1. The maximum absolute atomic E-state index is 10.5. The second-order valence-corrected chi connectivity index (χ2v) is 7.31. The fourth-order valence-corrected chi connectivity index (χ4v) is 3.29. The van der Waals surface area contributed by atoms with E-state index in [4.69, 9.17) is 0 Å². The van der Waals surface area contributed by atoms with Crippen LogP contribution in [0.1, 0.15) is 52.0 Å². The van der Waals surface area contributed by atoms with Crippen molar-refractivity contribution in [2.45, 2.75) is 64.6 Å². The lowest BCUT2D eigenvalue weighted by molar-refractivity contribution is 0.0417. The van der Waals surface area contributed by atoms with Crippen LogP contribution in [0.4, 0.5) is 0 Å². The van der Waals surface area contributed by atoms with Gasteiger partial charge in [-0.25, -0.2) is 0 Å². The SMILES string of the molecule is CCNC(=NCC(O)(CC)CC)NC1CCN(Cc2ccccc2)CC1. The summed E-state index contributed by atoms with van der Waals surface area (Å²) in [7, 11) is 0. The fourth-order valence-electron chi connectivity index (χ4n) is 3.29. The summed E-state index contributed by atoms with van der Waals surface area (Å²) in [6, 6.07) is 11.1. The van der Waals surface area contributed by atoms with Gasteiger partial charge in [0, 0.05) is 32.2 Å². The molecule has 1 aromatic carbocycles. The van der Waals surface area contributed by atoms with Crippen LogP contribution in [0, 0.1) is 0 Å². The molecule has 2 rings (SSSR count). The van der Waals surface area contributed by atoms with Crippen molar-refractivity contribution >= 4 is 5.96 Å². The summed E-state index contributed by atoms with van der Waals surface area (Å²) in [5.41, 5.74) is 0.689. The average Bonchev–Trinajstić information content (AvgIpc) is 2.68. The third kappa shape index (κ3) is 6.61. The number of nitrogens with zero attached hydrogens (tertiary/aromatic N) is 2. The zero-order valence-electron chi connectivity index (χ0n) is 16.7. The highest BCUT2D eigenvalue weighted by Gasteiger charge is 2.23. The van der Waals surface area contributed by atoms with Gasteiger partial charge >= 0.3 is 0 Å². The Morgan fingerprint density at radius 3 is 2.38 bits per heavy atom. The molecule has 0 spiro atoms. The van der Waals surface area contributed by atoms with Gasteiger partial charge < -0.3 is 15.7 Å². The second kappa shape index (κ2) is 10.5. The number of piperidine rings is 1. The highest BCUT2D eigenvalue weighted by atomic mass is 16.3. The Kier molecular flexibility index (Phi) is 8.39. The van der Waals surface area contributed by atoms with Crippen LogP contribution in [0.3, 0.4) is 0 Å². The maximum atomic E-state index is 10.5. The number of benzene rings is 1. The predicted molar refractivity (Wildman–Crippen MR) is 109 cm³/mol. The van der Waals surface area contributed by atoms with Crippen LogP contribution in [0.15, 0.2) is 35.3 Å². The molecular formula is C21H36N4O. The molecule has 3 N–H and O–H groups in total. The minimum Gasteiger partial charge on any atom is -0.388 e. The summed E-state index contributed by atoms with van der Waals surface area (Å²) in [5.74, 6) is 0.828. The van der Waals surface area contributed by atoms with E-state index in [1.54, 1.807) is 0 Å². The molecular weight excluding hydrogens is 324 g/mol. The van der Waals surface area contributed by atoms with Crippen LogP contribution in [-0.2, 0) is 6.54 Å². The molecule has 1 saturated heterocycles. The Bertz CT molecular complexity index is 534. The van der Waals surface area contributed by atoms with Crippen LogP contribution in [0.5, 0.6) is 0 Å². The molecule has 1 aliphatic rings. The van der Waals surface area contributed by atoms with Gasteiger partial charge in [0.15, 0.2) is 5.96 Å². The minimum atomic E-state index is -0.693. The van der Waals surface area contributed by atoms with E-state index in [0.29, 0.717) is 12.6 Å². The lowest BCUT2D eigenvalue weighted by Gasteiger charge is -2.33. The average molecular weight is 361 g/mol. The Labute approximate surface area is 158 Å². The lowest BCUT2D eigenvalue weighted by Crippen LogP contribution is -2.49. The zero-order chi connectivity index (χ0) is 18.8. The van der Waals surface area contributed by atoms with Crippen molar-refractivity contribution in [1.29, 1.82) is 0 Å². The topological polar surface area (TPSA) is 59.9 Å². The molecule has 0 aliphatic carbocycles. The summed E-state index contributed by atoms with van der Waals surface area (Å²) in [5, 5.41) is 17.3. The van der Waals surface area contributed by atoms with Gasteiger partial charge in [-0.15, -0.1) is 0 Å². The van der Waals surface area contributed by atoms with Crippen molar-refractivity contribution < 1.29 is 5.11 Å². The van der Waals surface area contributed by atoms with Gasteiger partial charge in [-0.05, 0) is 38.2 Å². The Morgan fingerprint density at radius 2 is 1.81 bits per heavy atom. The summed E-state index contributed by atoms with van der Waals surface area (Å²) in [6.07, 6.45) is 3.68. The Hall–Kier alpha value is -1.59. The van der Waals surface area contributed by atoms with E-state index in [1.807, 2.05) is 13.8 Å². The number of aliphatic hydroxyl groups is 1. The van der Waals surface area contributed by atoms with Gasteiger partial charge in [-0.3, -0.25) is 9.89 Å². The van der Waals surface area contributed by atoms with Crippen molar-refractivity contribution in [2.24, 2.45) is 4.99 Å². The number of rotatable bonds is 8. The first-order valence-corrected chi connectivity index (χ1v) is 10.1. The predicted octanol–water partition coefficient (Wildman–Crippen LogP) is 2.76. The zero-order valence-corrected chi connectivity index (χ0v) is 16.7. The largest absolute Gasteiger partial charge is 0.388 e. The molecule has 26 heavy (non-hydrogen) atoms. The molecule has 0 saturated carbocycles.